The molecule has 0 atom stereocenters. The minimum Gasteiger partial charge on any atom is -0.496 e. The average Bonchev–Trinajstić information content (AvgIpc) is 2.81. The van der Waals surface area contributed by atoms with Gasteiger partial charge < -0.3 is 10.1 Å². The lowest BCUT2D eigenvalue weighted by Crippen LogP contribution is -2.41. The number of rotatable bonds is 10. The zero-order chi connectivity index (χ0) is 23.8. The summed E-state index contributed by atoms with van der Waals surface area (Å²) < 4.78 is 33.4. The maximum absolute atomic E-state index is 13.4. The largest absolute Gasteiger partial charge is 0.496 e. The molecule has 0 aliphatic carbocycles. The molecule has 0 fully saturated rings. The molecule has 1 N–H and O–H groups in total. The Bertz CT molecular complexity index is 1180. The highest BCUT2D eigenvalue weighted by Gasteiger charge is 2.27. The molecule has 1 amide bonds. The fourth-order valence-electron chi connectivity index (χ4n) is 3.36. The molecule has 174 valence electrons. The molecule has 0 spiro atoms. The summed E-state index contributed by atoms with van der Waals surface area (Å²) in [6.45, 7) is 1.95. The molecule has 0 aliphatic rings. The summed E-state index contributed by atoms with van der Waals surface area (Å²) in [5.74, 6) is 0.220. The van der Waals surface area contributed by atoms with E-state index >= 15 is 0 Å². The van der Waals surface area contributed by atoms with Crippen molar-refractivity contribution in [3.63, 3.8) is 0 Å². The third-order valence-corrected chi connectivity index (χ3v) is 7.31. The van der Waals surface area contributed by atoms with Crippen LogP contribution in [0.25, 0.3) is 0 Å². The number of nitrogens with zero attached hydrogens (tertiary/aromatic N) is 1. The van der Waals surface area contributed by atoms with Crippen molar-refractivity contribution in [2.75, 3.05) is 20.2 Å². The van der Waals surface area contributed by atoms with Crippen LogP contribution >= 0.6 is 11.6 Å². The maximum Gasteiger partial charge on any atom is 0.243 e. The fraction of sp³-hybridized carbons (Fsp3) is 0.240. The van der Waals surface area contributed by atoms with Crippen molar-refractivity contribution in [2.45, 2.75) is 24.8 Å². The Morgan fingerprint density at radius 1 is 1.00 bits per heavy atom. The van der Waals surface area contributed by atoms with Crippen molar-refractivity contribution in [3.8, 4) is 5.75 Å². The molecule has 3 rings (SSSR count). The number of hydrogen-bond acceptors (Lipinski definition) is 4. The maximum atomic E-state index is 13.4. The van der Waals surface area contributed by atoms with Gasteiger partial charge in [0.15, 0.2) is 0 Å². The summed E-state index contributed by atoms with van der Waals surface area (Å²) in [6, 6.07) is 21.4. The number of aryl methyl sites for hydroxylation is 1. The second-order valence-electron chi connectivity index (χ2n) is 7.61. The normalized spacial score (nSPS) is 11.4. The van der Waals surface area contributed by atoms with Crippen molar-refractivity contribution in [1.29, 1.82) is 0 Å². The number of benzene rings is 3. The van der Waals surface area contributed by atoms with Crippen LogP contribution in [0, 0.1) is 6.92 Å². The van der Waals surface area contributed by atoms with Gasteiger partial charge in [0, 0.05) is 18.1 Å². The highest BCUT2D eigenvalue weighted by atomic mass is 35.5. The minimum atomic E-state index is -3.90. The smallest absolute Gasteiger partial charge is 0.243 e. The van der Waals surface area contributed by atoms with Crippen LogP contribution in [0.2, 0.25) is 5.02 Å². The molecule has 0 saturated heterocycles. The van der Waals surface area contributed by atoms with Gasteiger partial charge in [-0.15, -0.1) is 0 Å². The highest BCUT2D eigenvalue weighted by Crippen LogP contribution is 2.24. The second-order valence-corrected chi connectivity index (χ2v) is 9.98. The van der Waals surface area contributed by atoms with Gasteiger partial charge in [-0.05, 0) is 60.4 Å². The molecular formula is C25H27ClN2O4S. The van der Waals surface area contributed by atoms with Crippen LogP contribution in [-0.4, -0.2) is 38.8 Å². The lowest BCUT2D eigenvalue weighted by atomic mass is 10.1. The molecule has 0 saturated carbocycles. The van der Waals surface area contributed by atoms with Crippen LogP contribution in [0.15, 0.2) is 77.7 Å². The van der Waals surface area contributed by atoms with Crippen molar-refractivity contribution in [2.24, 2.45) is 0 Å². The molecule has 0 aromatic heterocycles. The van der Waals surface area contributed by atoms with Crippen LogP contribution in [0.1, 0.15) is 16.7 Å². The number of nitrogens with one attached hydrogen (secondary N) is 1. The quantitative estimate of drug-likeness (QED) is 0.466. The van der Waals surface area contributed by atoms with Gasteiger partial charge in [0.1, 0.15) is 5.75 Å². The van der Waals surface area contributed by atoms with Crippen molar-refractivity contribution >= 4 is 27.5 Å². The number of methoxy groups -OCH3 is 1. The number of ether oxygens (including phenoxy) is 1. The second kappa shape index (κ2) is 11.3. The predicted molar refractivity (Wildman–Crippen MR) is 130 cm³/mol. The molecule has 33 heavy (non-hydrogen) atoms. The van der Waals surface area contributed by atoms with E-state index in [2.05, 4.69) is 5.32 Å². The monoisotopic (exact) mass is 486 g/mol. The summed E-state index contributed by atoms with van der Waals surface area (Å²) in [6.07, 6.45) is 0.486. The lowest BCUT2D eigenvalue weighted by molar-refractivity contribution is -0.121. The first-order chi connectivity index (χ1) is 15.8. The summed E-state index contributed by atoms with van der Waals surface area (Å²) in [5, 5.41) is 3.40. The summed E-state index contributed by atoms with van der Waals surface area (Å²) >= 11 is 5.90. The predicted octanol–water partition coefficient (Wildman–Crippen LogP) is 4.21. The number of amides is 1. The average molecular weight is 487 g/mol. The van der Waals surface area contributed by atoms with Gasteiger partial charge in [-0.25, -0.2) is 8.42 Å². The molecular weight excluding hydrogens is 460 g/mol. The van der Waals surface area contributed by atoms with E-state index in [4.69, 9.17) is 16.3 Å². The van der Waals surface area contributed by atoms with E-state index in [0.29, 0.717) is 22.8 Å². The Kier molecular flexibility index (Phi) is 8.49. The molecule has 0 radical (unpaired) electrons. The van der Waals surface area contributed by atoms with Gasteiger partial charge in [0.25, 0.3) is 0 Å². The van der Waals surface area contributed by atoms with Crippen molar-refractivity contribution in [3.05, 3.63) is 94.5 Å². The molecule has 8 heteroatoms. The van der Waals surface area contributed by atoms with Gasteiger partial charge in [-0.1, -0.05) is 54.1 Å². The third-order valence-electron chi connectivity index (χ3n) is 5.22. The van der Waals surface area contributed by atoms with Gasteiger partial charge in [0.2, 0.25) is 15.9 Å². The Balaban J connectivity index is 1.77. The van der Waals surface area contributed by atoms with Crippen LogP contribution in [0.3, 0.4) is 0 Å². The van der Waals surface area contributed by atoms with Gasteiger partial charge in [0.05, 0.1) is 18.6 Å². The number of carbonyl (C=O) groups is 1. The van der Waals surface area contributed by atoms with E-state index in [1.54, 1.807) is 31.2 Å². The third kappa shape index (κ3) is 6.81. The fourth-order valence-corrected chi connectivity index (χ4v) is 4.97. The van der Waals surface area contributed by atoms with Gasteiger partial charge in [-0.3, -0.25) is 4.79 Å². The molecule has 0 aliphatic heterocycles. The number of hydrogen-bond donors (Lipinski definition) is 1. The first-order valence-corrected chi connectivity index (χ1v) is 12.3. The van der Waals surface area contributed by atoms with E-state index in [1.807, 2.05) is 42.5 Å². The summed E-state index contributed by atoms with van der Waals surface area (Å²) in [7, 11) is -2.37. The summed E-state index contributed by atoms with van der Waals surface area (Å²) in [4.78, 5) is 12.8. The molecule has 6 nitrogen and oxygen atoms in total. The van der Waals surface area contributed by atoms with Crippen molar-refractivity contribution in [1.82, 2.24) is 9.62 Å². The van der Waals surface area contributed by atoms with Crippen LogP contribution in [-0.2, 0) is 27.8 Å². The zero-order valence-corrected chi connectivity index (χ0v) is 20.2. The van der Waals surface area contributed by atoms with E-state index in [-0.39, 0.29) is 30.4 Å². The molecule has 0 heterocycles. The summed E-state index contributed by atoms with van der Waals surface area (Å²) in [5.41, 5.74) is 2.57. The molecule has 0 bridgehead atoms. The zero-order valence-electron chi connectivity index (χ0n) is 18.6. The molecule has 3 aromatic carbocycles. The Labute approximate surface area is 200 Å². The standard InChI is InChI=1S/C25H27ClN2O4S/c1-19-16-23(12-13-24(19)32-2)33(30,31)28(15-14-20-6-4-3-5-7-20)18-25(29)27-17-21-8-10-22(26)11-9-21/h3-13,16H,14-15,17-18H2,1-2H3,(H,27,29). The van der Waals surface area contributed by atoms with Crippen molar-refractivity contribution < 1.29 is 17.9 Å². The van der Waals surface area contributed by atoms with E-state index in [9.17, 15) is 13.2 Å². The number of halogens is 1. The Morgan fingerprint density at radius 2 is 1.70 bits per heavy atom. The van der Waals surface area contributed by atoms with E-state index in [1.165, 1.54) is 17.5 Å². The Hall–Kier alpha value is -2.87. The molecule has 3 aromatic rings. The molecule has 0 unspecified atom stereocenters. The topological polar surface area (TPSA) is 75.7 Å². The highest BCUT2D eigenvalue weighted by molar-refractivity contribution is 7.89. The lowest BCUT2D eigenvalue weighted by Gasteiger charge is -2.22. The van der Waals surface area contributed by atoms with Crippen LogP contribution in [0.4, 0.5) is 0 Å². The Morgan fingerprint density at radius 3 is 2.33 bits per heavy atom. The van der Waals surface area contributed by atoms with Crippen LogP contribution < -0.4 is 10.1 Å². The number of sulfonamides is 1. The first kappa shape index (κ1) is 24.8. The SMILES string of the molecule is COc1ccc(S(=O)(=O)N(CCc2ccccc2)CC(=O)NCc2ccc(Cl)cc2)cc1C. The number of carbonyl (C=O) groups excluding carboxylic acids is 1. The van der Waals surface area contributed by atoms with E-state index < -0.39 is 10.0 Å². The minimum absolute atomic E-state index is 0.124. The van der Waals surface area contributed by atoms with E-state index in [0.717, 1.165) is 11.1 Å². The van der Waals surface area contributed by atoms with Crippen LogP contribution in [0.5, 0.6) is 5.75 Å². The van der Waals surface area contributed by atoms with Gasteiger partial charge in [-0.2, -0.15) is 4.31 Å². The van der Waals surface area contributed by atoms with Gasteiger partial charge >= 0.3 is 0 Å². The first-order valence-electron chi connectivity index (χ1n) is 10.5.